The summed E-state index contributed by atoms with van der Waals surface area (Å²) in [5.41, 5.74) is 8.13. The number of nitrogens with zero attached hydrogens (tertiary/aromatic N) is 1. The molecule has 33 heavy (non-hydrogen) atoms. The maximum Gasteiger partial charge on any atom is 0.340 e. The van der Waals surface area contributed by atoms with Crippen molar-refractivity contribution in [1.29, 1.82) is 0 Å². The van der Waals surface area contributed by atoms with E-state index in [1.165, 1.54) is 19.2 Å². The first-order valence-electron chi connectivity index (χ1n) is 10.2. The van der Waals surface area contributed by atoms with E-state index in [-0.39, 0.29) is 11.3 Å². The molecule has 0 aliphatic carbocycles. The molecule has 3 aromatic carbocycles. The number of ether oxygens (including phenoxy) is 3. The Hall–Kier alpha value is -3.56. The fraction of sp³-hybridized carbons (Fsp3) is 0.208. The smallest absolute Gasteiger partial charge is 0.340 e. The SMILES string of the molecule is CCCOc1cc(Oc2ccc(N(c3ccc(C)cc3)S(=O)O)c(C(=O)OC)c2)ccc1N. The van der Waals surface area contributed by atoms with Gasteiger partial charge in [-0.15, -0.1) is 0 Å². The Morgan fingerprint density at radius 1 is 1.06 bits per heavy atom. The molecule has 0 bridgehead atoms. The summed E-state index contributed by atoms with van der Waals surface area (Å²) in [7, 11) is 1.24. The Morgan fingerprint density at radius 3 is 2.36 bits per heavy atom. The summed E-state index contributed by atoms with van der Waals surface area (Å²) in [6.07, 6.45) is 0.832. The first-order chi connectivity index (χ1) is 15.8. The Kier molecular flexibility index (Phi) is 7.92. The second-order valence-corrected chi connectivity index (χ2v) is 8.01. The number of carbonyl (C=O) groups excluding carboxylic acids is 1. The monoisotopic (exact) mass is 470 g/mol. The van der Waals surface area contributed by atoms with Crippen LogP contribution in [0, 0.1) is 6.92 Å². The first-order valence-corrected chi connectivity index (χ1v) is 11.3. The normalized spacial score (nSPS) is 11.5. The second-order valence-electron chi connectivity index (χ2n) is 7.18. The topological polar surface area (TPSA) is 111 Å². The van der Waals surface area contributed by atoms with E-state index in [0.717, 1.165) is 16.3 Å². The number of hydrogen-bond acceptors (Lipinski definition) is 6. The molecule has 0 radical (unpaired) electrons. The predicted octanol–water partition coefficient (Wildman–Crippen LogP) is 5.22. The fourth-order valence-corrected chi connectivity index (χ4v) is 3.70. The molecule has 9 heteroatoms. The van der Waals surface area contributed by atoms with E-state index in [0.29, 0.717) is 35.2 Å². The van der Waals surface area contributed by atoms with Crippen LogP contribution in [-0.2, 0) is 16.0 Å². The lowest BCUT2D eigenvalue weighted by Crippen LogP contribution is -2.22. The Morgan fingerprint density at radius 2 is 1.73 bits per heavy atom. The maximum atomic E-state index is 12.5. The summed E-state index contributed by atoms with van der Waals surface area (Å²) in [6.45, 7) is 4.42. The summed E-state index contributed by atoms with van der Waals surface area (Å²) < 4.78 is 39.8. The zero-order valence-electron chi connectivity index (χ0n) is 18.6. The minimum absolute atomic E-state index is 0.0656. The number of aryl methyl sites for hydroxylation is 1. The van der Waals surface area contributed by atoms with Crippen molar-refractivity contribution in [3.63, 3.8) is 0 Å². The second kappa shape index (κ2) is 10.8. The van der Waals surface area contributed by atoms with Gasteiger partial charge in [-0.1, -0.05) is 24.6 Å². The van der Waals surface area contributed by atoms with Crippen LogP contribution in [0.5, 0.6) is 17.2 Å². The number of anilines is 3. The molecule has 0 amide bonds. The first kappa shape index (κ1) is 24.1. The van der Waals surface area contributed by atoms with E-state index in [9.17, 15) is 13.6 Å². The molecular formula is C24H26N2O6S. The third kappa shape index (κ3) is 5.82. The highest BCUT2D eigenvalue weighted by molar-refractivity contribution is 7.81. The molecule has 3 aromatic rings. The molecule has 0 spiro atoms. The van der Waals surface area contributed by atoms with Crippen molar-refractivity contribution in [3.8, 4) is 17.2 Å². The molecule has 0 saturated carbocycles. The van der Waals surface area contributed by atoms with Gasteiger partial charge in [0.1, 0.15) is 17.2 Å². The molecule has 0 aromatic heterocycles. The van der Waals surface area contributed by atoms with Crippen LogP contribution in [-0.4, -0.2) is 28.4 Å². The summed E-state index contributed by atoms with van der Waals surface area (Å²) in [5.74, 6) is 0.612. The zero-order valence-corrected chi connectivity index (χ0v) is 19.4. The molecule has 1 unspecified atom stereocenters. The van der Waals surface area contributed by atoms with Gasteiger partial charge < -0.3 is 19.9 Å². The number of benzene rings is 3. The Labute approximate surface area is 195 Å². The lowest BCUT2D eigenvalue weighted by atomic mass is 10.1. The van der Waals surface area contributed by atoms with Crippen molar-refractivity contribution in [2.24, 2.45) is 0 Å². The molecule has 1 atom stereocenters. The molecule has 0 aliphatic heterocycles. The summed E-state index contributed by atoms with van der Waals surface area (Å²) in [5, 5.41) is 0. The number of nitrogen functional groups attached to an aromatic ring is 1. The van der Waals surface area contributed by atoms with E-state index < -0.39 is 17.2 Å². The zero-order chi connectivity index (χ0) is 24.0. The van der Waals surface area contributed by atoms with Gasteiger partial charge in [-0.25, -0.2) is 13.3 Å². The number of carbonyl (C=O) groups is 1. The molecular weight excluding hydrogens is 444 g/mol. The van der Waals surface area contributed by atoms with Crippen molar-refractivity contribution >= 4 is 34.3 Å². The Bertz CT molecular complexity index is 1150. The maximum absolute atomic E-state index is 12.5. The summed E-state index contributed by atoms with van der Waals surface area (Å²) in [4.78, 5) is 12.5. The molecule has 174 valence electrons. The van der Waals surface area contributed by atoms with Crippen LogP contribution in [0.15, 0.2) is 60.7 Å². The van der Waals surface area contributed by atoms with E-state index in [1.807, 2.05) is 26.0 Å². The number of methoxy groups -OCH3 is 1. The van der Waals surface area contributed by atoms with Crippen LogP contribution < -0.4 is 19.5 Å². The Balaban J connectivity index is 1.99. The van der Waals surface area contributed by atoms with Crippen LogP contribution in [0.1, 0.15) is 29.3 Å². The summed E-state index contributed by atoms with van der Waals surface area (Å²) in [6, 6.07) is 16.6. The van der Waals surface area contributed by atoms with Crippen LogP contribution in [0.25, 0.3) is 0 Å². The molecule has 0 fully saturated rings. The quantitative estimate of drug-likeness (QED) is 0.250. The molecule has 0 heterocycles. The highest BCUT2D eigenvalue weighted by atomic mass is 32.2. The van der Waals surface area contributed by atoms with Crippen LogP contribution >= 0.6 is 0 Å². The number of esters is 1. The lowest BCUT2D eigenvalue weighted by molar-refractivity contribution is 0.0601. The van der Waals surface area contributed by atoms with Gasteiger partial charge in [-0.05, 0) is 55.8 Å². The number of hydrogen-bond donors (Lipinski definition) is 2. The van der Waals surface area contributed by atoms with Crippen LogP contribution in [0.2, 0.25) is 0 Å². The van der Waals surface area contributed by atoms with E-state index in [1.54, 1.807) is 36.4 Å². The van der Waals surface area contributed by atoms with Crippen molar-refractivity contribution in [2.75, 3.05) is 23.8 Å². The van der Waals surface area contributed by atoms with Crippen molar-refractivity contribution in [1.82, 2.24) is 0 Å². The molecule has 0 aliphatic rings. The van der Waals surface area contributed by atoms with Gasteiger partial charge >= 0.3 is 5.97 Å². The largest absolute Gasteiger partial charge is 0.491 e. The van der Waals surface area contributed by atoms with E-state index in [2.05, 4.69) is 0 Å². The molecule has 0 saturated heterocycles. The van der Waals surface area contributed by atoms with Gasteiger partial charge in [0, 0.05) is 6.07 Å². The number of rotatable bonds is 9. The fourth-order valence-electron chi connectivity index (χ4n) is 3.07. The predicted molar refractivity (Wildman–Crippen MR) is 129 cm³/mol. The van der Waals surface area contributed by atoms with Gasteiger partial charge in [0.05, 0.1) is 36.3 Å². The molecule has 3 rings (SSSR count). The average molecular weight is 471 g/mol. The van der Waals surface area contributed by atoms with E-state index in [4.69, 9.17) is 19.9 Å². The van der Waals surface area contributed by atoms with Crippen molar-refractivity contribution < 1.29 is 27.8 Å². The van der Waals surface area contributed by atoms with Gasteiger partial charge in [0.15, 0.2) is 0 Å². The van der Waals surface area contributed by atoms with Gasteiger partial charge in [0.25, 0.3) is 11.3 Å². The average Bonchev–Trinajstić information content (AvgIpc) is 2.80. The lowest BCUT2D eigenvalue weighted by Gasteiger charge is -2.23. The van der Waals surface area contributed by atoms with Gasteiger partial charge in [-0.2, -0.15) is 0 Å². The van der Waals surface area contributed by atoms with Crippen molar-refractivity contribution in [2.45, 2.75) is 20.3 Å². The van der Waals surface area contributed by atoms with Gasteiger partial charge in [-0.3, -0.25) is 4.55 Å². The third-order valence-electron chi connectivity index (χ3n) is 4.70. The minimum atomic E-state index is -2.44. The highest BCUT2D eigenvalue weighted by Crippen LogP contribution is 2.35. The standard InChI is InChI=1S/C24H26N2O6S/c1-4-13-31-23-15-19(9-11-21(23)25)32-18-10-12-22(20(14-18)24(27)30-3)26(33(28)29)17-7-5-16(2)6-8-17/h5-12,14-15H,4,13,25H2,1-3H3,(H,28,29). The minimum Gasteiger partial charge on any atom is -0.491 e. The third-order valence-corrected chi connectivity index (χ3v) is 5.42. The highest BCUT2D eigenvalue weighted by Gasteiger charge is 2.23. The summed E-state index contributed by atoms with van der Waals surface area (Å²) >= 11 is -2.44. The van der Waals surface area contributed by atoms with Crippen molar-refractivity contribution in [3.05, 3.63) is 71.8 Å². The molecule has 8 nitrogen and oxygen atoms in total. The van der Waals surface area contributed by atoms with Crippen LogP contribution in [0.4, 0.5) is 17.1 Å². The number of nitrogens with two attached hydrogens (primary N) is 1. The molecule has 3 N–H and O–H groups in total. The van der Waals surface area contributed by atoms with Gasteiger partial charge in [0.2, 0.25) is 0 Å². The van der Waals surface area contributed by atoms with Crippen LogP contribution in [0.3, 0.4) is 0 Å². The van der Waals surface area contributed by atoms with E-state index >= 15 is 0 Å².